The number of imidazole rings is 1. The molecule has 0 N–H and O–H groups in total. The lowest BCUT2D eigenvalue weighted by atomic mass is 10.1. The van der Waals surface area contributed by atoms with E-state index in [9.17, 15) is 4.79 Å². The molecule has 0 radical (unpaired) electrons. The van der Waals surface area contributed by atoms with Gasteiger partial charge >= 0.3 is 0 Å². The summed E-state index contributed by atoms with van der Waals surface area (Å²) in [6.07, 6.45) is 19.6. The minimum atomic E-state index is 0.148. The van der Waals surface area contributed by atoms with E-state index >= 15 is 0 Å². The number of ketones is 1. The lowest BCUT2D eigenvalue weighted by Crippen LogP contribution is -2.05. The predicted octanol–water partition coefficient (Wildman–Crippen LogP) is 6.22. The normalized spacial score (nSPS) is 14.5. The number of Topliss-reactive ketones (excluding diaryl/α,β-unsaturated/α-hetero) is 1. The van der Waals surface area contributed by atoms with Crippen molar-refractivity contribution < 1.29 is 4.79 Å². The Kier molecular flexibility index (Phi) is 6.38. The fourth-order valence-corrected chi connectivity index (χ4v) is 3.23. The summed E-state index contributed by atoms with van der Waals surface area (Å²) < 4.78 is 2.19. The summed E-state index contributed by atoms with van der Waals surface area (Å²) in [5.41, 5.74) is 5.14. The highest BCUT2D eigenvalue weighted by molar-refractivity contribution is 5.99. The molecule has 1 aliphatic carbocycles. The summed E-state index contributed by atoms with van der Waals surface area (Å²) in [6, 6.07) is 5.79. The molecule has 1 aromatic heterocycles. The van der Waals surface area contributed by atoms with Gasteiger partial charge in [0.25, 0.3) is 0 Å². The number of hydrogen-bond acceptors (Lipinski definition) is 2. The quantitative estimate of drug-likeness (QED) is 0.428. The summed E-state index contributed by atoms with van der Waals surface area (Å²) in [4.78, 5) is 17.0. The van der Waals surface area contributed by atoms with Crippen molar-refractivity contribution in [3.63, 3.8) is 0 Å². The predicted molar refractivity (Wildman–Crippen MR) is 118 cm³/mol. The number of rotatable bonds is 7. The fraction of sp³-hybridized carbons (Fsp3) is 0.200. The van der Waals surface area contributed by atoms with Crippen LogP contribution < -0.4 is 0 Å². The van der Waals surface area contributed by atoms with Crippen molar-refractivity contribution in [2.45, 2.75) is 33.2 Å². The summed E-state index contributed by atoms with van der Waals surface area (Å²) in [5, 5.41) is 0. The number of carbonyl (C=O) groups excluding carboxylic acids is 1. The molecule has 3 heteroatoms. The second kappa shape index (κ2) is 9.14. The van der Waals surface area contributed by atoms with Crippen LogP contribution in [0.15, 0.2) is 84.5 Å². The van der Waals surface area contributed by atoms with Crippen LogP contribution in [0.25, 0.3) is 17.1 Å². The number of carbonyl (C=O) groups is 1. The number of allylic oxidation sites excluding steroid dienone is 10. The highest BCUT2D eigenvalue weighted by Crippen LogP contribution is 2.24. The Hall–Kier alpha value is -3.20. The van der Waals surface area contributed by atoms with Crippen molar-refractivity contribution in [3.8, 4) is 0 Å². The van der Waals surface area contributed by atoms with Gasteiger partial charge in [-0.3, -0.25) is 4.79 Å². The Morgan fingerprint density at radius 2 is 2.14 bits per heavy atom. The van der Waals surface area contributed by atoms with E-state index in [0.717, 1.165) is 35.4 Å². The molecule has 0 atom stereocenters. The Morgan fingerprint density at radius 3 is 2.93 bits per heavy atom. The first-order chi connectivity index (χ1) is 13.6. The van der Waals surface area contributed by atoms with Gasteiger partial charge in [-0.25, -0.2) is 4.98 Å². The average Bonchev–Trinajstić information content (AvgIpc) is 2.91. The topological polar surface area (TPSA) is 34.9 Å². The molecule has 0 saturated heterocycles. The third kappa shape index (κ3) is 4.37. The van der Waals surface area contributed by atoms with E-state index in [2.05, 4.69) is 42.4 Å². The van der Waals surface area contributed by atoms with Gasteiger partial charge in [-0.1, -0.05) is 62.1 Å². The zero-order chi connectivity index (χ0) is 19.9. The molecular formula is C25H26N2O. The van der Waals surface area contributed by atoms with Crippen LogP contribution >= 0.6 is 0 Å². The monoisotopic (exact) mass is 370 g/mol. The smallest absolute Gasteiger partial charge is 0.162 e. The molecule has 0 aliphatic heterocycles. The van der Waals surface area contributed by atoms with Crippen molar-refractivity contribution >= 4 is 22.9 Å². The molecule has 1 aromatic carbocycles. The SMILES string of the molecule is C=C/C=C\C=C\c1nc2ccc(C(=O)CC)cc2n1CC1=CCC=CC=C1C. The number of fused-ring (bicyclic) bond motifs is 1. The minimum Gasteiger partial charge on any atom is -0.320 e. The van der Waals surface area contributed by atoms with Crippen LogP contribution in [-0.2, 0) is 6.54 Å². The summed E-state index contributed by atoms with van der Waals surface area (Å²) in [7, 11) is 0. The number of benzene rings is 1. The molecule has 0 saturated carbocycles. The van der Waals surface area contributed by atoms with Crippen LogP contribution in [0.1, 0.15) is 42.9 Å². The molecule has 1 heterocycles. The van der Waals surface area contributed by atoms with Crippen LogP contribution in [0.4, 0.5) is 0 Å². The van der Waals surface area contributed by atoms with Gasteiger partial charge in [-0.15, -0.1) is 0 Å². The van der Waals surface area contributed by atoms with E-state index in [1.165, 1.54) is 11.1 Å². The van der Waals surface area contributed by atoms with Gasteiger partial charge in [-0.05, 0) is 48.8 Å². The van der Waals surface area contributed by atoms with Crippen molar-refractivity contribution in [2.75, 3.05) is 0 Å². The molecule has 28 heavy (non-hydrogen) atoms. The van der Waals surface area contributed by atoms with Gasteiger partial charge in [0, 0.05) is 18.5 Å². The third-order valence-electron chi connectivity index (χ3n) is 4.84. The van der Waals surface area contributed by atoms with E-state index in [4.69, 9.17) is 4.98 Å². The molecular weight excluding hydrogens is 344 g/mol. The zero-order valence-corrected chi connectivity index (χ0v) is 16.6. The van der Waals surface area contributed by atoms with Crippen LogP contribution in [0.3, 0.4) is 0 Å². The minimum absolute atomic E-state index is 0.148. The average molecular weight is 370 g/mol. The molecule has 0 amide bonds. The molecule has 142 valence electrons. The molecule has 3 nitrogen and oxygen atoms in total. The van der Waals surface area contributed by atoms with E-state index in [1.54, 1.807) is 6.08 Å². The van der Waals surface area contributed by atoms with Crippen LogP contribution in [0, 0.1) is 0 Å². The maximum Gasteiger partial charge on any atom is 0.162 e. The van der Waals surface area contributed by atoms with E-state index in [1.807, 2.05) is 49.4 Å². The standard InChI is InChI=1S/C25H26N2O/c1-4-6-7-11-14-25-26-22-16-15-20(24(28)5-2)17-23(22)27(25)18-21-13-10-8-9-12-19(21)3/h4,6-9,11-17H,1,5,10,18H2,2-3H3/b7-6-,14-11+. The first-order valence-electron chi connectivity index (χ1n) is 9.66. The molecule has 0 fully saturated rings. The number of hydrogen-bond donors (Lipinski definition) is 0. The molecule has 2 aromatic rings. The highest BCUT2D eigenvalue weighted by Gasteiger charge is 2.14. The Morgan fingerprint density at radius 1 is 1.29 bits per heavy atom. The van der Waals surface area contributed by atoms with Gasteiger partial charge in [0.05, 0.1) is 11.0 Å². The third-order valence-corrected chi connectivity index (χ3v) is 4.84. The molecule has 0 bridgehead atoms. The van der Waals surface area contributed by atoms with Gasteiger partial charge < -0.3 is 4.57 Å². The lowest BCUT2D eigenvalue weighted by Gasteiger charge is -2.12. The molecule has 0 unspecified atom stereocenters. The Balaban J connectivity index is 2.10. The van der Waals surface area contributed by atoms with Crippen molar-refractivity contribution in [1.82, 2.24) is 9.55 Å². The molecule has 3 rings (SSSR count). The van der Waals surface area contributed by atoms with Gasteiger partial charge in [0.1, 0.15) is 5.82 Å². The summed E-state index contributed by atoms with van der Waals surface area (Å²) in [6.45, 7) is 8.43. The summed E-state index contributed by atoms with van der Waals surface area (Å²) in [5.74, 6) is 1.02. The Labute approximate surface area is 166 Å². The van der Waals surface area contributed by atoms with E-state index < -0.39 is 0 Å². The maximum absolute atomic E-state index is 12.2. The fourth-order valence-electron chi connectivity index (χ4n) is 3.23. The van der Waals surface area contributed by atoms with E-state index in [-0.39, 0.29) is 5.78 Å². The molecule has 1 aliphatic rings. The van der Waals surface area contributed by atoms with Gasteiger partial charge in [0.15, 0.2) is 5.78 Å². The second-order valence-electron chi connectivity index (χ2n) is 6.76. The van der Waals surface area contributed by atoms with Gasteiger partial charge in [0.2, 0.25) is 0 Å². The Bertz CT molecular complexity index is 1040. The second-order valence-corrected chi connectivity index (χ2v) is 6.76. The summed E-state index contributed by atoms with van der Waals surface area (Å²) >= 11 is 0. The first-order valence-corrected chi connectivity index (χ1v) is 9.66. The van der Waals surface area contributed by atoms with Gasteiger partial charge in [-0.2, -0.15) is 0 Å². The van der Waals surface area contributed by atoms with Crippen molar-refractivity contribution in [3.05, 3.63) is 95.9 Å². The number of nitrogens with zero attached hydrogens (tertiary/aromatic N) is 2. The molecule has 0 spiro atoms. The largest absolute Gasteiger partial charge is 0.320 e. The highest BCUT2D eigenvalue weighted by atomic mass is 16.1. The number of aromatic nitrogens is 2. The lowest BCUT2D eigenvalue weighted by molar-refractivity contribution is 0.0988. The van der Waals surface area contributed by atoms with Crippen LogP contribution in [-0.4, -0.2) is 15.3 Å². The first kappa shape index (κ1) is 19.6. The van der Waals surface area contributed by atoms with E-state index in [0.29, 0.717) is 6.42 Å². The maximum atomic E-state index is 12.2. The van der Waals surface area contributed by atoms with Crippen molar-refractivity contribution in [2.24, 2.45) is 0 Å². The van der Waals surface area contributed by atoms with Crippen LogP contribution in [0.5, 0.6) is 0 Å². The zero-order valence-electron chi connectivity index (χ0n) is 16.6. The van der Waals surface area contributed by atoms with Crippen molar-refractivity contribution in [1.29, 1.82) is 0 Å². The van der Waals surface area contributed by atoms with Crippen LogP contribution in [0.2, 0.25) is 0 Å².